The van der Waals surface area contributed by atoms with Crippen LogP contribution in [-0.4, -0.2) is 4.57 Å². The van der Waals surface area contributed by atoms with Crippen LogP contribution in [0.15, 0.2) is 121 Å². The first-order chi connectivity index (χ1) is 20.0. The van der Waals surface area contributed by atoms with Crippen LogP contribution in [0, 0.1) is 0 Å². The van der Waals surface area contributed by atoms with E-state index in [9.17, 15) is 4.79 Å². The van der Waals surface area contributed by atoms with Gasteiger partial charge in [-0.1, -0.05) is 104 Å². The van der Waals surface area contributed by atoms with Gasteiger partial charge >= 0.3 is 0 Å². The van der Waals surface area contributed by atoms with Gasteiger partial charge < -0.3 is 4.74 Å². The van der Waals surface area contributed by atoms with Gasteiger partial charge in [0.05, 0.1) is 16.3 Å². The molecule has 0 bridgehead atoms. The average molecular weight is 684 g/mol. The van der Waals surface area contributed by atoms with E-state index in [1.165, 1.54) is 28.0 Å². The summed E-state index contributed by atoms with van der Waals surface area (Å²) in [6.45, 7) is 0.471. The molecule has 2 aliphatic rings. The van der Waals surface area contributed by atoms with E-state index in [1.54, 1.807) is 0 Å². The molecule has 4 nitrogen and oxygen atoms in total. The second kappa shape index (κ2) is 11.0. The van der Waals surface area contributed by atoms with Crippen LogP contribution in [0.1, 0.15) is 40.3 Å². The third kappa shape index (κ3) is 5.18. The van der Waals surface area contributed by atoms with Crippen LogP contribution in [0.5, 0.6) is 5.75 Å². The minimum Gasteiger partial charge on any atom is -0.489 e. The van der Waals surface area contributed by atoms with Gasteiger partial charge in [0, 0.05) is 14.5 Å². The van der Waals surface area contributed by atoms with E-state index < -0.39 is 0 Å². The Kier molecular flexibility index (Phi) is 7.11. The smallest absolute Gasteiger partial charge is 0.271 e. The number of ether oxygens (including phenoxy) is 1. The maximum absolute atomic E-state index is 14.0. The van der Waals surface area contributed by atoms with Gasteiger partial charge in [0.1, 0.15) is 12.4 Å². The van der Waals surface area contributed by atoms with Gasteiger partial charge in [-0.2, -0.15) is 0 Å². The molecule has 7 heteroatoms. The Labute approximate surface area is 258 Å². The lowest BCUT2D eigenvalue weighted by molar-refractivity contribution is 0.306. The lowest BCUT2D eigenvalue weighted by atomic mass is 9.83. The number of thiazole rings is 1. The Hall–Kier alpha value is -3.52. The van der Waals surface area contributed by atoms with E-state index in [-0.39, 0.29) is 11.6 Å². The zero-order valence-electron chi connectivity index (χ0n) is 21.9. The van der Waals surface area contributed by atoms with E-state index in [0.29, 0.717) is 11.1 Å². The number of benzene rings is 4. The van der Waals surface area contributed by atoms with E-state index >= 15 is 0 Å². The summed E-state index contributed by atoms with van der Waals surface area (Å²) < 4.78 is 10.7. The molecule has 0 saturated carbocycles. The summed E-state index contributed by atoms with van der Waals surface area (Å²) in [4.78, 5) is 19.9. The molecule has 0 unspecified atom stereocenters. The van der Waals surface area contributed by atoms with Gasteiger partial charge in [0.2, 0.25) is 0 Å². The summed E-state index contributed by atoms with van der Waals surface area (Å²) in [5.74, 6) is 0.759. The molecule has 0 saturated heterocycles. The highest BCUT2D eigenvalue weighted by molar-refractivity contribution is 9.10. The van der Waals surface area contributed by atoms with Gasteiger partial charge in [-0.25, -0.2) is 4.99 Å². The van der Waals surface area contributed by atoms with Crippen molar-refractivity contribution in [3.63, 3.8) is 0 Å². The van der Waals surface area contributed by atoms with Crippen molar-refractivity contribution in [2.75, 3.05) is 0 Å². The molecule has 202 valence electrons. The van der Waals surface area contributed by atoms with Crippen LogP contribution >= 0.6 is 43.2 Å². The monoisotopic (exact) mass is 682 g/mol. The molecule has 0 radical (unpaired) electrons. The molecular weight excluding hydrogens is 660 g/mol. The van der Waals surface area contributed by atoms with Gasteiger partial charge in [0.15, 0.2) is 4.80 Å². The number of hydrogen-bond donors (Lipinski definition) is 0. The largest absolute Gasteiger partial charge is 0.489 e. The molecular formula is C34H24Br2N2O2S. The highest BCUT2D eigenvalue weighted by Crippen LogP contribution is 2.41. The number of allylic oxidation sites excluding steroid dienone is 1. The Balaban J connectivity index is 1.30. The molecule has 1 atom stereocenters. The van der Waals surface area contributed by atoms with Crippen LogP contribution in [-0.2, 0) is 13.0 Å². The number of hydrogen-bond acceptors (Lipinski definition) is 4. The molecule has 1 aliphatic carbocycles. The van der Waals surface area contributed by atoms with Gasteiger partial charge in [-0.15, -0.1) is 0 Å². The van der Waals surface area contributed by atoms with Crippen molar-refractivity contribution in [1.29, 1.82) is 0 Å². The molecule has 1 aliphatic heterocycles. The molecule has 0 fully saturated rings. The van der Waals surface area contributed by atoms with E-state index in [2.05, 4.69) is 68.3 Å². The highest BCUT2D eigenvalue weighted by Gasteiger charge is 2.32. The number of rotatable bonds is 5. The summed E-state index contributed by atoms with van der Waals surface area (Å²) >= 11 is 8.48. The molecule has 7 rings (SSSR count). The predicted molar refractivity (Wildman–Crippen MR) is 172 cm³/mol. The van der Waals surface area contributed by atoms with Crippen LogP contribution < -0.4 is 19.6 Å². The summed E-state index contributed by atoms with van der Waals surface area (Å²) in [5.41, 5.74) is 7.76. The van der Waals surface area contributed by atoms with Crippen molar-refractivity contribution in [1.82, 2.24) is 4.57 Å². The third-order valence-electron chi connectivity index (χ3n) is 7.53. The quantitative estimate of drug-likeness (QED) is 0.194. The Morgan fingerprint density at radius 3 is 2.46 bits per heavy atom. The number of aryl methyl sites for hydroxylation is 1. The molecule has 4 aromatic carbocycles. The van der Waals surface area contributed by atoms with Gasteiger partial charge in [-0.05, 0) is 83.1 Å². The normalized spacial score (nSPS) is 16.0. The Bertz CT molecular complexity index is 1990. The van der Waals surface area contributed by atoms with Gasteiger partial charge in [0.25, 0.3) is 5.56 Å². The number of fused-ring (bicyclic) bond motifs is 3. The standard InChI is InChI=1S/C34H24Br2N2O2S/c35-25-13-8-21(9-14-25)20-40-27-6-3-4-22(18-27)19-30-33(39)38-32(24-10-15-26(36)16-11-24)29-17-12-23-5-1-2-7-28(23)31(29)37-34(38)41-30/h1-11,13-16,18-19,32H,12,17,20H2/b30-19+/t32-/m0/s1. The fraction of sp³-hybridized carbons (Fsp3) is 0.118. The zero-order valence-corrected chi connectivity index (χ0v) is 25.9. The fourth-order valence-corrected chi connectivity index (χ4v) is 7.09. The maximum atomic E-state index is 14.0. The first-order valence-corrected chi connectivity index (χ1v) is 15.8. The van der Waals surface area contributed by atoms with Crippen molar-refractivity contribution in [3.8, 4) is 5.75 Å². The highest BCUT2D eigenvalue weighted by atomic mass is 79.9. The van der Waals surface area contributed by atoms with E-state index in [4.69, 9.17) is 9.73 Å². The van der Waals surface area contributed by atoms with Crippen LogP contribution in [0.25, 0.3) is 11.8 Å². The molecule has 5 aromatic rings. The second-order valence-electron chi connectivity index (χ2n) is 10.2. The topological polar surface area (TPSA) is 43.6 Å². The minimum atomic E-state index is -0.189. The maximum Gasteiger partial charge on any atom is 0.271 e. The van der Waals surface area contributed by atoms with E-state index in [1.807, 2.05) is 71.3 Å². The molecule has 0 spiro atoms. The number of nitrogens with zero attached hydrogens (tertiary/aromatic N) is 2. The fourth-order valence-electron chi connectivity index (χ4n) is 5.56. The summed E-state index contributed by atoms with van der Waals surface area (Å²) in [6, 6.07) is 32.6. The molecule has 0 N–H and O–H groups in total. The molecule has 2 heterocycles. The second-order valence-corrected chi connectivity index (χ2v) is 13.0. The van der Waals surface area contributed by atoms with Crippen LogP contribution in [0.4, 0.5) is 0 Å². The van der Waals surface area contributed by atoms with Crippen molar-refractivity contribution in [2.45, 2.75) is 25.5 Å². The number of aromatic nitrogens is 1. The molecule has 1 aromatic heterocycles. The van der Waals surface area contributed by atoms with Crippen molar-refractivity contribution in [2.24, 2.45) is 4.99 Å². The first-order valence-electron chi connectivity index (χ1n) is 13.4. The summed E-state index contributed by atoms with van der Waals surface area (Å²) in [7, 11) is 0. The minimum absolute atomic E-state index is 0.0201. The van der Waals surface area contributed by atoms with Crippen molar-refractivity contribution < 1.29 is 4.74 Å². The third-order valence-corrected chi connectivity index (χ3v) is 9.57. The SMILES string of the molecule is O=c1/c(=C\c2cccc(OCc3ccc(Br)cc3)c2)sc2n1[C@@H](c1ccc(Br)cc1)C1=C(N=2)c2ccccc2CC1. The average Bonchev–Trinajstić information content (AvgIpc) is 3.30. The Morgan fingerprint density at radius 1 is 0.902 bits per heavy atom. The summed E-state index contributed by atoms with van der Waals surface area (Å²) in [6.07, 6.45) is 3.76. The van der Waals surface area contributed by atoms with Crippen LogP contribution in [0.3, 0.4) is 0 Å². The van der Waals surface area contributed by atoms with Crippen LogP contribution in [0.2, 0.25) is 0 Å². The summed E-state index contributed by atoms with van der Waals surface area (Å²) in [5, 5.41) is 0. The Morgan fingerprint density at radius 2 is 1.66 bits per heavy atom. The number of halogens is 2. The van der Waals surface area contributed by atoms with Crippen molar-refractivity contribution >= 4 is 55.0 Å². The van der Waals surface area contributed by atoms with Gasteiger partial charge in [-0.3, -0.25) is 9.36 Å². The zero-order chi connectivity index (χ0) is 27.9. The predicted octanol–water partition coefficient (Wildman–Crippen LogP) is 7.42. The molecule has 41 heavy (non-hydrogen) atoms. The lowest BCUT2D eigenvalue weighted by Crippen LogP contribution is -2.38. The van der Waals surface area contributed by atoms with E-state index in [0.717, 1.165) is 54.7 Å². The first kappa shape index (κ1) is 26.4. The molecule has 0 amide bonds. The lowest BCUT2D eigenvalue weighted by Gasteiger charge is -2.30. The van der Waals surface area contributed by atoms with Crippen molar-refractivity contribution in [3.05, 3.63) is 159 Å².